The van der Waals surface area contributed by atoms with Crippen LogP contribution in [0, 0.1) is 5.82 Å². The number of aromatic nitrogens is 2. The van der Waals surface area contributed by atoms with Crippen molar-refractivity contribution in [3.8, 4) is 5.69 Å². The number of hydrogen-bond donors (Lipinski definition) is 1. The van der Waals surface area contributed by atoms with Gasteiger partial charge in [-0.15, -0.1) is 0 Å². The standard InChI is InChI=1S/C14H15ClFN3/c15-12-2-1-11(7-13(12)16)19-9-18-8-14(19)10-3-5-17-6-4-10/h1-2,7-10,17H,3-6H2. The zero-order valence-corrected chi connectivity index (χ0v) is 11.2. The van der Waals surface area contributed by atoms with Gasteiger partial charge in [0.2, 0.25) is 0 Å². The molecular formula is C14H15ClFN3. The Bertz CT molecular complexity index is 576. The molecule has 1 aliphatic heterocycles. The summed E-state index contributed by atoms with van der Waals surface area (Å²) in [6, 6.07) is 4.85. The third-order valence-corrected chi connectivity index (χ3v) is 3.91. The average Bonchev–Trinajstić information content (AvgIpc) is 2.92. The molecule has 1 aliphatic rings. The molecular weight excluding hydrogens is 265 g/mol. The second-order valence-electron chi connectivity index (χ2n) is 4.81. The molecule has 1 fully saturated rings. The molecule has 0 unspecified atom stereocenters. The lowest BCUT2D eigenvalue weighted by Crippen LogP contribution is -2.27. The highest BCUT2D eigenvalue weighted by atomic mass is 35.5. The molecule has 100 valence electrons. The first-order valence-corrected chi connectivity index (χ1v) is 6.82. The fourth-order valence-corrected chi connectivity index (χ4v) is 2.69. The van der Waals surface area contributed by atoms with Crippen LogP contribution in [0.1, 0.15) is 24.5 Å². The number of rotatable bonds is 2. The second-order valence-corrected chi connectivity index (χ2v) is 5.22. The highest BCUT2D eigenvalue weighted by Gasteiger charge is 2.19. The molecule has 0 atom stereocenters. The molecule has 1 N–H and O–H groups in total. The van der Waals surface area contributed by atoms with Crippen LogP contribution < -0.4 is 5.32 Å². The van der Waals surface area contributed by atoms with E-state index in [9.17, 15) is 4.39 Å². The van der Waals surface area contributed by atoms with E-state index in [0.717, 1.165) is 37.3 Å². The lowest BCUT2D eigenvalue weighted by atomic mass is 9.95. The van der Waals surface area contributed by atoms with Crippen LogP contribution in [0.4, 0.5) is 4.39 Å². The molecule has 2 heterocycles. The van der Waals surface area contributed by atoms with Crippen molar-refractivity contribution in [2.45, 2.75) is 18.8 Å². The summed E-state index contributed by atoms with van der Waals surface area (Å²) in [4.78, 5) is 4.21. The minimum atomic E-state index is -0.399. The Labute approximate surface area is 116 Å². The van der Waals surface area contributed by atoms with E-state index in [2.05, 4.69) is 10.3 Å². The van der Waals surface area contributed by atoms with Gasteiger partial charge >= 0.3 is 0 Å². The van der Waals surface area contributed by atoms with Gasteiger partial charge < -0.3 is 9.88 Å². The third-order valence-electron chi connectivity index (χ3n) is 3.61. The Morgan fingerprint density at radius 3 is 2.84 bits per heavy atom. The molecule has 0 bridgehead atoms. The molecule has 1 aromatic carbocycles. The van der Waals surface area contributed by atoms with Gasteiger partial charge in [0.15, 0.2) is 0 Å². The number of halogens is 2. The van der Waals surface area contributed by atoms with Crippen molar-refractivity contribution in [1.29, 1.82) is 0 Å². The van der Waals surface area contributed by atoms with Crippen LogP contribution >= 0.6 is 11.6 Å². The highest BCUT2D eigenvalue weighted by molar-refractivity contribution is 6.30. The van der Waals surface area contributed by atoms with Gasteiger partial charge in [-0.3, -0.25) is 0 Å². The zero-order valence-electron chi connectivity index (χ0n) is 10.4. The first-order valence-electron chi connectivity index (χ1n) is 6.44. The minimum Gasteiger partial charge on any atom is -0.317 e. The number of nitrogens with one attached hydrogen (secondary N) is 1. The van der Waals surface area contributed by atoms with Gasteiger partial charge in [0.1, 0.15) is 5.82 Å². The van der Waals surface area contributed by atoms with E-state index in [1.807, 2.05) is 16.8 Å². The fourth-order valence-electron chi connectivity index (χ4n) is 2.58. The topological polar surface area (TPSA) is 29.9 Å². The molecule has 2 aromatic rings. The van der Waals surface area contributed by atoms with E-state index in [0.29, 0.717) is 5.92 Å². The summed E-state index contributed by atoms with van der Waals surface area (Å²) >= 11 is 5.72. The van der Waals surface area contributed by atoms with Crippen LogP contribution in [0.25, 0.3) is 5.69 Å². The number of piperidine rings is 1. The van der Waals surface area contributed by atoms with Crippen molar-refractivity contribution >= 4 is 11.6 Å². The molecule has 0 saturated carbocycles. The van der Waals surface area contributed by atoms with Crippen molar-refractivity contribution < 1.29 is 4.39 Å². The molecule has 3 nitrogen and oxygen atoms in total. The van der Waals surface area contributed by atoms with Gasteiger partial charge in [-0.25, -0.2) is 9.37 Å². The van der Waals surface area contributed by atoms with Gasteiger partial charge in [-0.2, -0.15) is 0 Å². The van der Waals surface area contributed by atoms with Crippen LogP contribution in [-0.2, 0) is 0 Å². The van der Waals surface area contributed by atoms with Crippen LogP contribution in [0.15, 0.2) is 30.7 Å². The maximum Gasteiger partial charge on any atom is 0.143 e. The summed E-state index contributed by atoms with van der Waals surface area (Å²) in [6.45, 7) is 2.04. The van der Waals surface area contributed by atoms with Gasteiger partial charge in [-0.05, 0) is 44.1 Å². The molecule has 1 saturated heterocycles. The molecule has 0 aliphatic carbocycles. The third kappa shape index (κ3) is 2.51. The summed E-state index contributed by atoms with van der Waals surface area (Å²) < 4.78 is 15.5. The van der Waals surface area contributed by atoms with E-state index in [1.54, 1.807) is 12.4 Å². The molecule has 0 amide bonds. The summed E-state index contributed by atoms with van der Waals surface area (Å²) in [7, 11) is 0. The number of benzene rings is 1. The second kappa shape index (κ2) is 5.31. The Morgan fingerprint density at radius 1 is 1.32 bits per heavy atom. The fraction of sp³-hybridized carbons (Fsp3) is 0.357. The summed E-state index contributed by atoms with van der Waals surface area (Å²) in [5.41, 5.74) is 1.91. The normalized spacial score (nSPS) is 16.7. The SMILES string of the molecule is Fc1cc(-n2cncc2C2CCNCC2)ccc1Cl. The smallest absolute Gasteiger partial charge is 0.143 e. The van der Waals surface area contributed by atoms with Gasteiger partial charge in [0.05, 0.1) is 11.3 Å². The quantitative estimate of drug-likeness (QED) is 0.915. The maximum atomic E-state index is 13.6. The number of imidazole rings is 1. The van der Waals surface area contributed by atoms with Crippen LogP contribution in [0.5, 0.6) is 0 Å². The summed E-state index contributed by atoms with van der Waals surface area (Å²) in [5, 5.41) is 3.49. The Morgan fingerprint density at radius 2 is 2.11 bits per heavy atom. The Kier molecular flexibility index (Phi) is 3.53. The molecule has 0 spiro atoms. The largest absolute Gasteiger partial charge is 0.317 e. The monoisotopic (exact) mass is 279 g/mol. The number of hydrogen-bond acceptors (Lipinski definition) is 2. The van der Waals surface area contributed by atoms with E-state index in [-0.39, 0.29) is 5.02 Å². The Balaban J connectivity index is 1.96. The average molecular weight is 280 g/mol. The van der Waals surface area contributed by atoms with E-state index in [1.165, 1.54) is 6.07 Å². The van der Waals surface area contributed by atoms with Gasteiger partial charge in [0, 0.05) is 23.5 Å². The molecule has 1 aromatic heterocycles. The van der Waals surface area contributed by atoms with Crippen molar-refractivity contribution in [3.05, 3.63) is 47.3 Å². The van der Waals surface area contributed by atoms with Crippen molar-refractivity contribution in [1.82, 2.24) is 14.9 Å². The molecule has 3 rings (SSSR count). The zero-order chi connectivity index (χ0) is 13.2. The van der Waals surface area contributed by atoms with Crippen molar-refractivity contribution in [3.63, 3.8) is 0 Å². The van der Waals surface area contributed by atoms with Crippen molar-refractivity contribution in [2.24, 2.45) is 0 Å². The Hall–Kier alpha value is -1.39. The lowest BCUT2D eigenvalue weighted by Gasteiger charge is -2.23. The first kappa shape index (κ1) is 12.6. The lowest BCUT2D eigenvalue weighted by molar-refractivity contribution is 0.449. The maximum absolute atomic E-state index is 13.6. The van der Waals surface area contributed by atoms with Crippen molar-refractivity contribution in [2.75, 3.05) is 13.1 Å². The predicted octanol–water partition coefficient (Wildman–Crippen LogP) is 3.13. The van der Waals surface area contributed by atoms with Gasteiger partial charge in [0.25, 0.3) is 0 Å². The first-order chi connectivity index (χ1) is 9.25. The molecule has 0 radical (unpaired) electrons. The summed E-state index contributed by atoms with van der Waals surface area (Å²) in [5.74, 6) is 0.0756. The van der Waals surface area contributed by atoms with E-state index in [4.69, 9.17) is 11.6 Å². The van der Waals surface area contributed by atoms with Gasteiger partial charge in [-0.1, -0.05) is 11.6 Å². The highest BCUT2D eigenvalue weighted by Crippen LogP contribution is 2.28. The van der Waals surface area contributed by atoms with Crippen LogP contribution in [0.3, 0.4) is 0 Å². The van der Waals surface area contributed by atoms with E-state index >= 15 is 0 Å². The molecule has 5 heteroatoms. The predicted molar refractivity (Wildman–Crippen MR) is 73.4 cm³/mol. The number of nitrogens with zero attached hydrogens (tertiary/aromatic N) is 2. The molecule has 19 heavy (non-hydrogen) atoms. The van der Waals surface area contributed by atoms with Crippen LogP contribution in [-0.4, -0.2) is 22.6 Å². The summed E-state index contributed by atoms with van der Waals surface area (Å²) in [6.07, 6.45) is 5.78. The van der Waals surface area contributed by atoms with Crippen LogP contribution in [0.2, 0.25) is 5.02 Å². The van der Waals surface area contributed by atoms with E-state index < -0.39 is 5.82 Å². The minimum absolute atomic E-state index is 0.146.